The minimum atomic E-state index is -4.74. The van der Waals surface area contributed by atoms with Gasteiger partial charge in [0.05, 0.1) is 0 Å². The van der Waals surface area contributed by atoms with Crippen molar-refractivity contribution >= 4 is 12.4 Å². The van der Waals surface area contributed by atoms with Crippen molar-refractivity contribution in [2.75, 3.05) is 0 Å². The van der Waals surface area contributed by atoms with Crippen molar-refractivity contribution in [3.63, 3.8) is 0 Å². The summed E-state index contributed by atoms with van der Waals surface area (Å²) in [6.07, 6.45) is -1.89. The number of nitrogens with two attached hydrogens (primary N) is 1. The summed E-state index contributed by atoms with van der Waals surface area (Å²) in [6.45, 7) is 0. The summed E-state index contributed by atoms with van der Waals surface area (Å²) in [6, 6.07) is 2.92. The minimum absolute atomic E-state index is 0. The summed E-state index contributed by atoms with van der Waals surface area (Å²) in [4.78, 5) is 0. The highest BCUT2D eigenvalue weighted by Gasteiger charge is 2.32. The first kappa shape index (κ1) is 15.9. The zero-order valence-corrected chi connectivity index (χ0v) is 10.8. The molecule has 0 spiro atoms. The van der Waals surface area contributed by atoms with Crippen LogP contribution in [0.2, 0.25) is 0 Å². The van der Waals surface area contributed by atoms with Gasteiger partial charge in [0.1, 0.15) is 11.5 Å². The molecule has 0 aliphatic heterocycles. The van der Waals surface area contributed by atoms with Crippen LogP contribution in [0, 0.1) is 5.92 Å². The van der Waals surface area contributed by atoms with Crippen molar-refractivity contribution in [3.8, 4) is 11.5 Å². The van der Waals surface area contributed by atoms with Gasteiger partial charge in [-0.1, -0.05) is 12.8 Å². The van der Waals surface area contributed by atoms with Gasteiger partial charge in [0, 0.05) is 11.6 Å². The minimum Gasteiger partial charge on any atom is -0.508 e. The average molecular weight is 298 g/mol. The van der Waals surface area contributed by atoms with Crippen LogP contribution in [0.1, 0.15) is 30.9 Å². The summed E-state index contributed by atoms with van der Waals surface area (Å²) in [7, 11) is 0. The molecule has 1 aromatic carbocycles. The summed E-state index contributed by atoms with van der Waals surface area (Å²) in [5.41, 5.74) is 6.17. The number of phenols is 1. The van der Waals surface area contributed by atoms with Crippen LogP contribution in [0.5, 0.6) is 11.5 Å². The van der Waals surface area contributed by atoms with Crippen LogP contribution in [0.4, 0.5) is 13.2 Å². The van der Waals surface area contributed by atoms with Gasteiger partial charge in [0.25, 0.3) is 0 Å². The number of ether oxygens (including phenoxy) is 1. The zero-order valence-electron chi connectivity index (χ0n) is 9.98. The van der Waals surface area contributed by atoms with Gasteiger partial charge in [0.2, 0.25) is 0 Å². The van der Waals surface area contributed by atoms with Crippen molar-refractivity contribution in [2.24, 2.45) is 11.7 Å². The second kappa shape index (κ2) is 5.88. The molecule has 108 valence electrons. The molecular weight excluding hydrogens is 283 g/mol. The van der Waals surface area contributed by atoms with Gasteiger partial charge in [-0.2, -0.15) is 0 Å². The monoisotopic (exact) mass is 297 g/mol. The summed E-state index contributed by atoms with van der Waals surface area (Å²) in [5, 5.41) is 9.62. The fourth-order valence-corrected chi connectivity index (χ4v) is 1.87. The van der Waals surface area contributed by atoms with E-state index in [1.165, 1.54) is 6.07 Å². The Bertz CT molecular complexity index is 435. The van der Waals surface area contributed by atoms with E-state index in [2.05, 4.69) is 4.74 Å². The third-order valence-electron chi connectivity index (χ3n) is 2.92. The van der Waals surface area contributed by atoms with E-state index in [4.69, 9.17) is 5.73 Å². The molecule has 1 aromatic rings. The standard InChI is InChI=1S/C12H14F3NO2.ClH/c13-12(14,15)18-8-3-4-11(17)9(6-8)10(16)5-7-1-2-7;/h3-4,6-7,10,17H,1-2,5,16H2;1H/t10-;/m1./s1. The van der Waals surface area contributed by atoms with E-state index < -0.39 is 12.4 Å². The normalized spacial score (nSPS) is 16.6. The van der Waals surface area contributed by atoms with Gasteiger partial charge in [-0.05, 0) is 30.5 Å². The number of rotatable bonds is 4. The first-order valence-electron chi connectivity index (χ1n) is 5.69. The number of phenolic OH excluding ortho intramolecular Hbond substituents is 1. The molecule has 2 rings (SSSR count). The average Bonchev–Trinajstić information content (AvgIpc) is 3.02. The fraction of sp³-hybridized carbons (Fsp3) is 0.500. The number of hydrogen-bond donors (Lipinski definition) is 2. The number of aromatic hydroxyl groups is 1. The van der Waals surface area contributed by atoms with Gasteiger partial charge in [-0.25, -0.2) is 0 Å². The summed E-state index contributed by atoms with van der Waals surface area (Å²) in [5.74, 6) is 0.0609. The molecule has 0 amide bonds. The molecular formula is C12H15ClF3NO2. The first-order valence-corrected chi connectivity index (χ1v) is 5.69. The molecule has 0 aromatic heterocycles. The number of benzene rings is 1. The molecule has 0 saturated heterocycles. The Hall–Kier alpha value is -1.14. The van der Waals surface area contributed by atoms with E-state index in [0.29, 0.717) is 17.9 Å². The third-order valence-corrected chi connectivity index (χ3v) is 2.92. The largest absolute Gasteiger partial charge is 0.573 e. The Labute approximate surface area is 115 Å². The van der Waals surface area contributed by atoms with Crippen LogP contribution < -0.4 is 10.5 Å². The lowest BCUT2D eigenvalue weighted by atomic mass is 10.0. The molecule has 0 unspecified atom stereocenters. The van der Waals surface area contributed by atoms with E-state index >= 15 is 0 Å². The number of hydrogen-bond acceptors (Lipinski definition) is 3. The van der Waals surface area contributed by atoms with Crippen LogP contribution >= 0.6 is 12.4 Å². The second-order valence-electron chi connectivity index (χ2n) is 4.55. The van der Waals surface area contributed by atoms with Crippen LogP contribution in [0.15, 0.2) is 18.2 Å². The highest BCUT2D eigenvalue weighted by Crippen LogP contribution is 2.39. The lowest BCUT2D eigenvalue weighted by Crippen LogP contribution is -2.18. The number of alkyl halides is 3. The van der Waals surface area contributed by atoms with E-state index in [-0.39, 0.29) is 23.9 Å². The third kappa shape index (κ3) is 4.80. The molecule has 1 atom stereocenters. The molecule has 1 saturated carbocycles. The second-order valence-corrected chi connectivity index (χ2v) is 4.55. The fourth-order valence-electron chi connectivity index (χ4n) is 1.87. The van der Waals surface area contributed by atoms with Gasteiger partial charge in [-0.3, -0.25) is 0 Å². The van der Waals surface area contributed by atoms with Gasteiger partial charge in [0.15, 0.2) is 0 Å². The van der Waals surface area contributed by atoms with E-state index in [0.717, 1.165) is 25.0 Å². The highest BCUT2D eigenvalue weighted by molar-refractivity contribution is 5.85. The van der Waals surface area contributed by atoms with Crippen molar-refractivity contribution < 1.29 is 23.0 Å². The van der Waals surface area contributed by atoms with Crippen molar-refractivity contribution in [1.29, 1.82) is 0 Å². The molecule has 3 N–H and O–H groups in total. The SMILES string of the molecule is Cl.N[C@H](CC1CC1)c1cc(OC(F)(F)F)ccc1O. The van der Waals surface area contributed by atoms with Crippen molar-refractivity contribution in [2.45, 2.75) is 31.7 Å². The maximum Gasteiger partial charge on any atom is 0.573 e. The molecule has 1 aliphatic carbocycles. The predicted molar refractivity (Wildman–Crippen MR) is 66.3 cm³/mol. The Balaban J connectivity index is 0.00000180. The number of halogens is 4. The lowest BCUT2D eigenvalue weighted by Gasteiger charge is -2.15. The van der Waals surface area contributed by atoms with E-state index in [1.807, 2.05) is 0 Å². The van der Waals surface area contributed by atoms with Crippen LogP contribution in [-0.4, -0.2) is 11.5 Å². The highest BCUT2D eigenvalue weighted by atomic mass is 35.5. The smallest absolute Gasteiger partial charge is 0.508 e. The molecule has 3 nitrogen and oxygen atoms in total. The molecule has 19 heavy (non-hydrogen) atoms. The molecule has 1 aliphatic rings. The Morgan fingerprint density at radius 1 is 1.37 bits per heavy atom. The lowest BCUT2D eigenvalue weighted by molar-refractivity contribution is -0.274. The Kier molecular flexibility index (Phi) is 4.92. The summed E-state index contributed by atoms with van der Waals surface area (Å²) < 4.78 is 40.0. The Morgan fingerprint density at radius 3 is 2.53 bits per heavy atom. The molecule has 7 heteroatoms. The van der Waals surface area contributed by atoms with Crippen molar-refractivity contribution in [1.82, 2.24) is 0 Å². The van der Waals surface area contributed by atoms with Crippen molar-refractivity contribution in [3.05, 3.63) is 23.8 Å². The maximum absolute atomic E-state index is 12.1. The predicted octanol–water partition coefficient (Wildman–Crippen LogP) is 3.51. The van der Waals surface area contributed by atoms with E-state index in [9.17, 15) is 18.3 Å². The quantitative estimate of drug-likeness (QED) is 0.894. The molecule has 1 fully saturated rings. The van der Waals surface area contributed by atoms with Gasteiger partial charge >= 0.3 is 6.36 Å². The van der Waals surface area contributed by atoms with Crippen LogP contribution in [-0.2, 0) is 0 Å². The maximum atomic E-state index is 12.1. The van der Waals surface area contributed by atoms with E-state index in [1.54, 1.807) is 0 Å². The van der Waals surface area contributed by atoms with Gasteiger partial charge < -0.3 is 15.6 Å². The summed E-state index contributed by atoms with van der Waals surface area (Å²) >= 11 is 0. The topological polar surface area (TPSA) is 55.5 Å². The molecule has 0 bridgehead atoms. The van der Waals surface area contributed by atoms with Gasteiger partial charge in [-0.15, -0.1) is 25.6 Å². The molecule has 0 radical (unpaired) electrons. The zero-order chi connectivity index (χ0) is 13.3. The van der Waals surface area contributed by atoms with Crippen LogP contribution in [0.3, 0.4) is 0 Å². The van der Waals surface area contributed by atoms with Crippen LogP contribution in [0.25, 0.3) is 0 Å². The molecule has 0 heterocycles. The Morgan fingerprint density at radius 2 is 2.00 bits per heavy atom. The first-order chi connectivity index (χ1) is 8.35.